The van der Waals surface area contributed by atoms with E-state index in [0.717, 1.165) is 25.1 Å². The fourth-order valence-electron chi connectivity index (χ4n) is 3.90. The monoisotopic (exact) mass is 313 g/mol. The molecule has 1 saturated heterocycles. The normalized spacial score (nSPS) is 23.7. The van der Waals surface area contributed by atoms with Crippen LogP contribution in [0.25, 0.3) is 5.69 Å². The molecular formula is C17H23N5O. The predicted molar refractivity (Wildman–Crippen MR) is 87.6 cm³/mol. The third-order valence-electron chi connectivity index (χ3n) is 5.06. The number of para-hydroxylation sites is 1. The highest BCUT2D eigenvalue weighted by Crippen LogP contribution is 2.39. The molecule has 1 unspecified atom stereocenters. The van der Waals surface area contributed by atoms with Gasteiger partial charge in [0, 0.05) is 12.6 Å². The molecule has 1 saturated carbocycles. The molecule has 1 aliphatic heterocycles. The van der Waals surface area contributed by atoms with Crippen LogP contribution in [0.1, 0.15) is 44.9 Å². The maximum Gasteiger partial charge on any atom is 0.247 e. The molecule has 1 spiro atoms. The minimum atomic E-state index is 0.0825. The number of hydrogen-bond acceptors (Lipinski definition) is 5. The molecule has 122 valence electrons. The lowest BCUT2D eigenvalue weighted by Gasteiger charge is -2.43. The van der Waals surface area contributed by atoms with Crippen LogP contribution in [0.15, 0.2) is 30.3 Å². The summed E-state index contributed by atoms with van der Waals surface area (Å²) in [5.41, 5.74) is 1.05. The van der Waals surface area contributed by atoms with E-state index in [1.54, 1.807) is 4.68 Å². The third-order valence-corrected chi connectivity index (χ3v) is 5.06. The van der Waals surface area contributed by atoms with E-state index in [1.807, 2.05) is 30.3 Å². The lowest BCUT2D eigenvalue weighted by molar-refractivity contribution is -0.103. The van der Waals surface area contributed by atoms with E-state index in [-0.39, 0.29) is 5.60 Å². The Morgan fingerprint density at radius 3 is 2.78 bits per heavy atom. The highest BCUT2D eigenvalue weighted by molar-refractivity contribution is 5.39. The Labute approximate surface area is 136 Å². The fourth-order valence-corrected chi connectivity index (χ4v) is 3.90. The van der Waals surface area contributed by atoms with Crippen LogP contribution in [0.2, 0.25) is 0 Å². The third kappa shape index (κ3) is 3.08. The zero-order valence-corrected chi connectivity index (χ0v) is 13.3. The molecule has 1 atom stereocenters. The van der Waals surface area contributed by atoms with E-state index in [1.165, 1.54) is 32.1 Å². The molecule has 0 radical (unpaired) electrons. The maximum absolute atomic E-state index is 6.17. The van der Waals surface area contributed by atoms with Gasteiger partial charge in [-0.15, -0.1) is 0 Å². The molecule has 6 nitrogen and oxygen atoms in total. The molecule has 0 amide bonds. The van der Waals surface area contributed by atoms with Crippen LogP contribution < -0.4 is 5.32 Å². The molecule has 2 heterocycles. The van der Waals surface area contributed by atoms with Crippen molar-refractivity contribution in [1.82, 2.24) is 20.2 Å². The van der Waals surface area contributed by atoms with Crippen LogP contribution in [-0.4, -0.2) is 38.5 Å². The summed E-state index contributed by atoms with van der Waals surface area (Å²) in [6.07, 6.45) is 8.35. The largest absolute Gasteiger partial charge is 0.375 e. The van der Waals surface area contributed by atoms with Gasteiger partial charge < -0.3 is 10.1 Å². The number of rotatable bonds is 3. The van der Waals surface area contributed by atoms with Gasteiger partial charge in [0.1, 0.15) is 0 Å². The zero-order chi connectivity index (χ0) is 15.5. The number of aromatic nitrogens is 4. The first-order chi connectivity index (χ1) is 11.3. The van der Waals surface area contributed by atoms with Crippen LogP contribution in [0.3, 0.4) is 0 Å². The molecule has 2 aromatic rings. The molecule has 2 fully saturated rings. The van der Waals surface area contributed by atoms with Gasteiger partial charge in [0.25, 0.3) is 0 Å². The minimum absolute atomic E-state index is 0.0825. The van der Waals surface area contributed by atoms with Gasteiger partial charge in [-0.25, -0.2) is 0 Å². The summed E-state index contributed by atoms with van der Waals surface area (Å²) in [5, 5.41) is 15.7. The molecular weight excluding hydrogens is 290 g/mol. The molecule has 23 heavy (non-hydrogen) atoms. The molecule has 4 rings (SSSR count). The summed E-state index contributed by atoms with van der Waals surface area (Å²) in [6, 6.07) is 10.4. The van der Waals surface area contributed by atoms with E-state index in [9.17, 15) is 0 Å². The molecule has 1 aromatic heterocycles. The van der Waals surface area contributed by atoms with Gasteiger partial charge in [-0.3, -0.25) is 0 Å². The lowest BCUT2D eigenvalue weighted by atomic mass is 9.78. The molecule has 1 N–H and O–H groups in total. The lowest BCUT2D eigenvalue weighted by Crippen LogP contribution is -2.45. The van der Waals surface area contributed by atoms with Gasteiger partial charge in [-0.2, -0.15) is 4.68 Å². The Morgan fingerprint density at radius 2 is 1.96 bits per heavy atom. The number of benzene rings is 1. The second kappa shape index (κ2) is 6.28. The van der Waals surface area contributed by atoms with Crippen LogP contribution >= 0.6 is 0 Å². The Balaban J connectivity index is 1.49. The Bertz CT molecular complexity index is 630. The van der Waals surface area contributed by atoms with Crippen molar-refractivity contribution in [1.29, 1.82) is 0 Å². The van der Waals surface area contributed by atoms with Crippen molar-refractivity contribution in [3.05, 3.63) is 30.3 Å². The highest BCUT2D eigenvalue weighted by atomic mass is 16.5. The molecule has 6 heteroatoms. The fraction of sp³-hybridized carbons (Fsp3) is 0.588. The molecule has 0 bridgehead atoms. The number of ether oxygens (including phenoxy) is 1. The number of nitrogens with one attached hydrogen (secondary N) is 1. The zero-order valence-electron chi connectivity index (χ0n) is 13.3. The Morgan fingerprint density at radius 1 is 1.13 bits per heavy atom. The standard InChI is InChI=1S/C17H23N5O/c1-3-7-15(8-4-1)22-16(19-20-21-22)18-14-9-12-23-17(13-14)10-5-2-6-11-17/h1,3-4,7-8,14H,2,5-6,9-13H2,(H,18,19,21). The van der Waals surface area contributed by atoms with Gasteiger partial charge in [0.2, 0.25) is 5.95 Å². The van der Waals surface area contributed by atoms with Crippen molar-refractivity contribution in [2.24, 2.45) is 0 Å². The second-order valence-corrected chi connectivity index (χ2v) is 6.68. The minimum Gasteiger partial charge on any atom is -0.375 e. The number of anilines is 1. The van der Waals surface area contributed by atoms with E-state index >= 15 is 0 Å². The summed E-state index contributed by atoms with van der Waals surface area (Å²) >= 11 is 0. The number of nitrogens with zero attached hydrogens (tertiary/aromatic N) is 4. The second-order valence-electron chi connectivity index (χ2n) is 6.68. The smallest absolute Gasteiger partial charge is 0.247 e. The quantitative estimate of drug-likeness (QED) is 0.944. The first-order valence-electron chi connectivity index (χ1n) is 8.59. The molecule has 1 aromatic carbocycles. The van der Waals surface area contributed by atoms with Gasteiger partial charge in [-0.05, 0) is 48.2 Å². The van der Waals surface area contributed by atoms with Crippen molar-refractivity contribution in [3.8, 4) is 5.69 Å². The number of hydrogen-bond donors (Lipinski definition) is 1. The van der Waals surface area contributed by atoms with Crippen molar-refractivity contribution in [2.75, 3.05) is 11.9 Å². The van der Waals surface area contributed by atoms with Gasteiger partial charge in [-0.1, -0.05) is 42.6 Å². The SMILES string of the molecule is c1ccc(-n2nnnc2NC2CCOC3(CCCCC3)C2)cc1. The van der Waals surface area contributed by atoms with Crippen molar-refractivity contribution >= 4 is 5.95 Å². The highest BCUT2D eigenvalue weighted by Gasteiger charge is 2.38. The molecule has 1 aliphatic carbocycles. The van der Waals surface area contributed by atoms with Gasteiger partial charge in [0.05, 0.1) is 11.3 Å². The average Bonchev–Trinajstić information content (AvgIpc) is 3.04. The van der Waals surface area contributed by atoms with Crippen LogP contribution in [0, 0.1) is 0 Å². The van der Waals surface area contributed by atoms with Crippen molar-refractivity contribution in [2.45, 2.75) is 56.6 Å². The Hall–Kier alpha value is -1.95. The maximum atomic E-state index is 6.17. The van der Waals surface area contributed by atoms with Crippen molar-refractivity contribution < 1.29 is 4.74 Å². The summed E-state index contributed by atoms with van der Waals surface area (Å²) in [5.74, 6) is 0.717. The summed E-state index contributed by atoms with van der Waals surface area (Å²) in [7, 11) is 0. The van der Waals surface area contributed by atoms with E-state index in [0.29, 0.717) is 12.0 Å². The summed E-state index contributed by atoms with van der Waals surface area (Å²) in [4.78, 5) is 0. The first-order valence-corrected chi connectivity index (χ1v) is 8.59. The van der Waals surface area contributed by atoms with Crippen molar-refractivity contribution in [3.63, 3.8) is 0 Å². The predicted octanol–water partition coefficient (Wildman–Crippen LogP) is 2.96. The Kier molecular flexibility index (Phi) is 3.99. The topological polar surface area (TPSA) is 64.9 Å². The van der Waals surface area contributed by atoms with E-state index < -0.39 is 0 Å². The van der Waals surface area contributed by atoms with E-state index in [2.05, 4.69) is 20.8 Å². The summed E-state index contributed by atoms with van der Waals surface area (Å²) < 4.78 is 7.94. The van der Waals surface area contributed by atoms with E-state index in [4.69, 9.17) is 4.74 Å². The number of tetrazole rings is 1. The van der Waals surface area contributed by atoms with Crippen LogP contribution in [0.4, 0.5) is 5.95 Å². The van der Waals surface area contributed by atoms with Gasteiger partial charge in [0.15, 0.2) is 0 Å². The first kappa shape index (κ1) is 14.6. The average molecular weight is 313 g/mol. The summed E-state index contributed by atoms with van der Waals surface area (Å²) in [6.45, 7) is 0.824. The molecule has 2 aliphatic rings. The van der Waals surface area contributed by atoms with Gasteiger partial charge >= 0.3 is 0 Å². The van der Waals surface area contributed by atoms with Crippen LogP contribution in [-0.2, 0) is 4.74 Å². The van der Waals surface area contributed by atoms with Crippen LogP contribution in [0.5, 0.6) is 0 Å².